The SMILES string of the molecule is CSc1ccc(Sc2ccc(CO)c(Br)c2)cc1. The van der Waals surface area contributed by atoms with Crippen LogP contribution in [0.25, 0.3) is 0 Å². The molecule has 0 atom stereocenters. The van der Waals surface area contributed by atoms with Gasteiger partial charge in [-0.25, -0.2) is 0 Å². The van der Waals surface area contributed by atoms with E-state index < -0.39 is 0 Å². The van der Waals surface area contributed by atoms with E-state index in [0.29, 0.717) is 0 Å². The first-order valence-corrected chi connectivity index (χ1v) is 8.27. The van der Waals surface area contributed by atoms with Crippen molar-refractivity contribution < 1.29 is 5.11 Å². The van der Waals surface area contributed by atoms with E-state index in [1.54, 1.807) is 23.5 Å². The lowest BCUT2D eigenvalue weighted by Crippen LogP contribution is -1.85. The molecular formula is C14H13BrOS2. The van der Waals surface area contributed by atoms with Gasteiger partial charge in [-0.3, -0.25) is 0 Å². The van der Waals surface area contributed by atoms with Gasteiger partial charge in [-0.15, -0.1) is 11.8 Å². The molecule has 0 aliphatic rings. The fourth-order valence-electron chi connectivity index (χ4n) is 1.50. The highest BCUT2D eigenvalue weighted by atomic mass is 79.9. The van der Waals surface area contributed by atoms with E-state index in [-0.39, 0.29) is 6.61 Å². The topological polar surface area (TPSA) is 20.2 Å². The van der Waals surface area contributed by atoms with Crippen LogP contribution >= 0.6 is 39.5 Å². The Hall–Kier alpha value is -0.420. The van der Waals surface area contributed by atoms with Gasteiger partial charge in [0.1, 0.15) is 0 Å². The van der Waals surface area contributed by atoms with Crippen LogP contribution in [0.2, 0.25) is 0 Å². The number of benzene rings is 2. The summed E-state index contributed by atoms with van der Waals surface area (Å²) in [4.78, 5) is 3.66. The second-order valence-electron chi connectivity index (χ2n) is 3.69. The van der Waals surface area contributed by atoms with Crippen molar-refractivity contribution >= 4 is 39.5 Å². The minimum atomic E-state index is 0.0634. The van der Waals surface area contributed by atoms with Crippen LogP contribution in [0.1, 0.15) is 5.56 Å². The first-order chi connectivity index (χ1) is 8.72. The summed E-state index contributed by atoms with van der Waals surface area (Å²) in [6.45, 7) is 0.0634. The van der Waals surface area contributed by atoms with Gasteiger partial charge in [0.05, 0.1) is 6.61 Å². The maximum atomic E-state index is 9.12. The largest absolute Gasteiger partial charge is 0.392 e. The molecule has 0 fully saturated rings. The number of aliphatic hydroxyl groups excluding tert-OH is 1. The molecule has 0 amide bonds. The van der Waals surface area contributed by atoms with Gasteiger partial charge < -0.3 is 5.11 Å². The van der Waals surface area contributed by atoms with Crippen LogP contribution in [-0.2, 0) is 6.61 Å². The molecule has 0 aliphatic carbocycles. The van der Waals surface area contributed by atoms with E-state index in [4.69, 9.17) is 5.11 Å². The Morgan fingerprint density at radius 1 is 1.00 bits per heavy atom. The standard InChI is InChI=1S/C14H13BrOS2/c1-17-11-4-6-12(7-5-11)18-13-3-2-10(9-16)14(15)8-13/h2-8,16H,9H2,1H3. The molecule has 0 radical (unpaired) electrons. The lowest BCUT2D eigenvalue weighted by Gasteiger charge is -2.06. The van der Waals surface area contributed by atoms with Gasteiger partial charge in [-0.05, 0) is 48.2 Å². The molecule has 1 nitrogen and oxygen atoms in total. The minimum absolute atomic E-state index is 0.0634. The Labute approximate surface area is 124 Å². The summed E-state index contributed by atoms with van der Waals surface area (Å²) in [7, 11) is 0. The highest BCUT2D eigenvalue weighted by molar-refractivity contribution is 9.10. The fraction of sp³-hybridized carbons (Fsp3) is 0.143. The van der Waals surface area contributed by atoms with Crippen LogP contribution in [0, 0.1) is 0 Å². The molecule has 0 spiro atoms. The zero-order chi connectivity index (χ0) is 13.0. The molecule has 0 unspecified atom stereocenters. The summed E-state index contributed by atoms with van der Waals surface area (Å²) >= 11 is 6.93. The summed E-state index contributed by atoms with van der Waals surface area (Å²) in [6.07, 6.45) is 2.08. The van der Waals surface area contributed by atoms with E-state index in [1.807, 2.05) is 18.2 Å². The Bertz CT molecular complexity index is 526. The molecule has 0 aromatic heterocycles. The van der Waals surface area contributed by atoms with Gasteiger partial charge >= 0.3 is 0 Å². The quantitative estimate of drug-likeness (QED) is 0.806. The monoisotopic (exact) mass is 340 g/mol. The molecular weight excluding hydrogens is 328 g/mol. The van der Waals surface area contributed by atoms with E-state index in [2.05, 4.69) is 46.5 Å². The number of rotatable bonds is 4. The molecule has 0 heterocycles. The third kappa shape index (κ3) is 3.54. The lowest BCUT2D eigenvalue weighted by atomic mass is 10.2. The average Bonchev–Trinajstić information content (AvgIpc) is 2.40. The van der Waals surface area contributed by atoms with Crippen molar-refractivity contribution in [3.05, 3.63) is 52.5 Å². The van der Waals surface area contributed by atoms with Gasteiger partial charge in [0.2, 0.25) is 0 Å². The van der Waals surface area contributed by atoms with E-state index in [0.717, 1.165) is 14.9 Å². The number of aliphatic hydroxyl groups is 1. The van der Waals surface area contributed by atoms with Crippen LogP contribution in [0.3, 0.4) is 0 Å². The average molecular weight is 341 g/mol. The molecule has 2 aromatic carbocycles. The van der Waals surface area contributed by atoms with Crippen LogP contribution in [0.4, 0.5) is 0 Å². The molecule has 18 heavy (non-hydrogen) atoms. The van der Waals surface area contributed by atoms with Crippen molar-refractivity contribution in [3.8, 4) is 0 Å². The Balaban J connectivity index is 2.15. The maximum Gasteiger partial charge on any atom is 0.0692 e. The summed E-state index contributed by atoms with van der Waals surface area (Å²) in [5, 5.41) is 9.12. The predicted octanol–water partition coefficient (Wildman–Crippen LogP) is 4.81. The Kier molecular flexibility index (Phi) is 5.18. The zero-order valence-corrected chi connectivity index (χ0v) is 13.1. The van der Waals surface area contributed by atoms with Crippen molar-refractivity contribution in [3.63, 3.8) is 0 Å². The molecule has 1 N–H and O–H groups in total. The predicted molar refractivity (Wildman–Crippen MR) is 82.4 cm³/mol. The summed E-state index contributed by atoms with van der Waals surface area (Å²) in [5.74, 6) is 0. The van der Waals surface area contributed by atoms with E-state index >= 15 is 0 Å². The summed E-state index contributed by atoms with van der Waals surface area (Å²) in [5.41, 5.74) is 0.914. The normalized spacial score (nSPS) is 10.6. The fourth-order valence-corrected chi connectivity index (χ4v) is 3.42. The highest BCUT2D eigenvalue weighted by Gasteiger charge is 2.02. The Morgan fingerprint density at radius 2 is 1.61 bits per heavy atom. The molecule has 0 bridgehead atoms. The molecule has 2 aromatic rings. The third-order valence-corrected chi connectivity index (χ3v) is 4.97. The van der Waals surface area contributed by atoms with Crippen LogP contribution in [0.15, 0.2) is 61.6 Å². The van der Waals surface area contributed by atoms with Crippen molar-refractivity contribution in [1.82, 2.24) is 0 Å². The molecule has 0 aliphatic heterocycles. The van der Waals surface area contributed by atoms with Gasteiger partial charge in [-0.2, -0.15) is 0 Å². The first-order valence-electron chi connectivity index (χ1n) is 5.44. The maximum absolute atomic E-state index is 9.12. The molecule has 2 rings (SSSR count). The van der Waals surface area contributed by atoms with Gasteiger partial charge in [0, 0.05) is 19.2 Å². The molecule has 4 heteroatoms. The van der Waals surface area contributed by atoms with Crippen molar-refractivity contribution in [2.45, 2.75) is 21.3 Å². The summed E-state index contributed by atoms with van der Waals surface area (Å²) < 4.78 is 0.954. The third-order valence-electron chi connectivity index (χ3n) is 2.49. The molecule has 0 saturated carbocycles. The second-order valence-corrected chi connectivity index (χ2v) is 6.57. The highest BCUT2D eigenvalue weighted by Crippen LogP contribution is 2.31. The smallest absolute Gasteiger partial charge is 0.0692 e. The lowest BCUT2D eigenvalue weighted by molar-refractivity contribution is 0.281. The van der Waals surface area contributed by atoms with Crippen LogP contribution in [0.5, 0.6) is 0 Å². The van der Waals surface area contributed by atoms with Gasteiger partial charge in [-0.1, -0.05) is 33.8 Å². The zero-order valence-electron chi connectivity index (χ0n) is 9.89. The van der Waals surface area contributed by atoms with Crippen molar-refractivity contribution in [2.75, 3.05) is 6.26 Å². The molecule has 0 saturated heterocycles. The van der Waals surface area contributed by atoms with E-state index in [9.17, 15) is 0 Å². The second kappa shape index (κ2) is 6.66. The van der Waals surface area contributed by atoms with Crippen molar-refractivity contribution in [2.24, 2.45) is 0 Å². The minimum Gasteiger partial charge on any atom is -0.392 e. The molecule has 94 valence electrons. The number of hydrogen-bond acceptors (Lipinski definition) is 3. The van der Waals surface area contributed by atoms with Crippen LogP contribution < -0.4 is 0 Å². The van der Waals surface area contributed by atoms with Crippen molar-refractivity contribution in [1.29, 1.82) is 0 Å². The Morgan fingerprint density at radius 3 is 2.17 bits per heavy atom. The first kappa shape index (κ1) is 14.0. The number of thioether (sulfide) groups is 1. The van der Waals surface area contributed by atoms with Crippen LogP contribution in [-0.4, -0.2) is 11.4 Å². The number of halogens is 1. The number of hydrogen-bond donors (Lipinski definition) is 1. The van der Waals surface area contributed by atoms with E-state index in [1.165, 1.54) is 9.79 Å². The van der Waals surface area contributed by atoms with Gasteiger partial charge in [0.15, 0.2) is 0 Å². The summed E-state index contributed by atoms with van der Waals surface area (Å²) in [6, 6.07) is 14.5. The van der Waals surface area contributed by atoms with Gasteiger partial charge in [0.25, 0.3) is 0 Å².